The van der Waals surface area contributed by atoms with E-state index >= 15 is 0 Å². The molecule has 0 N–H and O–H groups in total. The number of carbonyl (C=O) groups is 1. The van der Waals surface area contributed by atoms with E-state index in [2.05, 4.69) is 5.10 Å². The summed E-state index contributed by atoms with van der Waals surface area (Å²) in [6.45, 7) is 1.85. The van der Waals surface area contributed by atoms with E-state index in [1.54, 1.807) is 6.07 Å². The third-order valence-corrected chi connectivity index (χ3v) is 5.65. The van der Waals surface area contributed by atoms with Gasteiger partial charge in [0.25, 0.3) is 5.91 Å². The molecule has 120 valence electrons. The molecule has 9 heteroatoms. The number of thiophene rings is 1. The van der Waals surface area contributed by atoms with Crippen LogP contribution in [0, 0.1) is 10.6 Å². The highest BCUT2D eigenvalue weighted by Crippen LogP contribution is 2.36. The second-order valence-corrected chi connectivity index (χ2v) is 7.42. The van der Waals surface area contributed by atoms with Crippen molar-refractivity contribution in [3.05, 3.63) is 49.0 Å². The summed E-state index contributed by atoms with van der Waals surface area (Å²) in [5.41, 5.74) is -1.18. The predicted molar refractivity (Wildman–Crippen MR) is 91.2 cm³/mol. The van der Waals surface area contributed by atoms with Gasteiger partial charge >= 0.3 is 6.18 Å². The van der Waals surface area contributed by atoms with E-state index in [0.717, 1.165) is 20.3 Å². The minimum Gasteiger partial charge on any atom is -0.267 e. The molecule has 0 saturated heterocycles. The van der Waals surface area contributed by atoms with E-state index in [0.29, 0.717) is 9.22 Å². The molecule has 0 bridgehead atoms. The van der Waals surface area contributed by atoms with Crippen molar-refractivity contribution in [2.24, 2.45) is 0 Å². The number of hydrogen-bond donors (Lipinski definition) is 0. The van der Waals surface area contributed by atoms with Crippen molar-refractivity contribution in [1.29, 1.82) is 0 Å². The van der Waals surface area contributed by atoms with Crippen molar-refractivity contribution < 1.29 is 18.0 Å². The summed E-state index contributed by atoms with van der Waals surface area (Å²) >= 11 is 9.26. The molecule has 3 aromatic rings. The Kier molecular flexibility index (Phi) is 4.18. The zero-order valence-corrected chi connectivity index (χ0v) is 15.1. The summed E-state index contributed by atoms with van der Waals surface area (Å²) in [6.07, 6.45) is -4.68. The van der Waals surface area contributed by atoms with Gasteiger partial charge in [-0.25, -0.2) is 0 Å². The second-order valence-electron chi connectivity index (χ2n) is 4.74. The van der Waals surface area contributed by atoms with Crippen LogP contribution in [0.3, 0.4) is 0 Å². The van der Waals surface area contributed by atoms with Gasteiger partial charge < -0.3 is 0 Å². The number of fused-ring (bicyclic) bond motifs is 1. The second kappa shape index (κ2) is 5.75. The highest BCUT2D eigenvalue weighted by molar-refractivity contribution is 14.1. The van der Waals surface area contributed by atoms with Crippen LogP contribution in [0.25, 0.3) is 10.2 Å². The summed E-state index contributed by atoms with van der Waals surface area (Å²) in [4.78, 5) is 13.6. The molecule has 0 fully saturated rings. The molecule has 0 atom stereocenters. The Morgan fingerprint density at radius 1 is 1.39 bits per heavy atom. The Bertz CT molecular complexity index is 932. The lowest BCUT2D eigenvalue weighted by Crippen LogP contribution is -2.20. The molecule has 2 heterocycles. The SMILES string of the molecule is Cc1cc2c(s1)c(I)nn2C(=O)c1c(Cl)cccc1C(F)(F)F. The molecule has 0 aliphatic heterocycles. The van der Waals surface area contributed by atoms with Crippen molar-refractivity contribution in [3.63, 3.8) is 0 Å². The van der Waals surface area contributed by atoms with Crippen LogP contribution >= 0.6 is 45.5 Å². The van der Waals surface area contributed by atoms with Crippen molar-refractivity contribution >= 4 is 61.7 Å². The first-order valence-corrected chi connectivity index (χ1v) is 8.52. The molecule has 0 aliphatic rings. The monoisotopic (exact) mass is 470 g/mol. The quantitative estimate of drug-likeness (QED) is 0.448. The molecule has 0 saturated carbocycles. The van der Waals surface area contributed by atoms with Gasteiger partial charge in [0.1, 0.15) is 3.70 Å². The maximum Gasteiger partial charge on any atom is 0.417 e. The van der Waals surface area contributed by atoms with Gasteiger partial charge in [-0.1, -0.05) is 17.7 Å². The summed E-state index contributed by atoms with van der Waals surface area (Å²) < 4.78 is 41.9. The van der Waals surface area contributed by atoms with Gasteiger partial charge in [-0.2, -0.15) is 23.0 Å². The van der Waals surface area contributed by atoms with E-state index < -0.39 is 23.2 Å². The minimum atomic E-state index is -4.68. The van der Waals surface area contributed by atoms with Gasteiger partial charge in [0.15, 0.2) is 0 Å². The highest BCUT2D eigenvalue weighted by atomic mass is 127. The molecule has 2 aromatic heterocycles. The number of halogens is 5. The number of hydrogen-bond acceptors (Lipinski definition) is 3. The van der Waals surface area contributed by atoms with Gasteiger partial charge in [0.05, 0.1) is 26.4 Å². The molecule has 0 spiro atoms. The van der Waals surface area contributed by atoms with Crippen molar-refractivity contribution in [1.82, 2.24) is 9.78 Å². The Labute approximate surface area is 151 Å². The number of rotatable bonds is 1. The van der Waals surface area contributed by atoms with Crippen LogP contribution < -0.4 is 0 Å². The first-order valence-electron chi connectivity index (χ1n) is 6.25. The topological polar surface area (TPSA) is 34.9 Å². The average Bonchev–Trinajstić information content (AvgIpc) is 2.96. The first kappa shape index (κ1) is 16.7. The maximum absolute atomic E-state index is 13.2. The van der Waals surface area contributed by atoms with E-state index in [-0.39, 0.29) is 5.02 Å². The van der Waals surface area contributed by atoms with Gasteiger partial charge in [0, 0.05) is 4.88 Å². The molecule has 0 amide bonds. The van der Waals surface area contributed by atoms with Gasteiger partial charge in [-0.15, -0.1) is 11.3 Å². The standard InChI is InChI=1S/C14H7ClF3IN2OS/c1-6-5-9-11(23-6)12(19)20-21(9)13(22)10-7(14(16,17)18)3-2-4-8(10)15/h2-5H,1H3. The fraction of sp³-hybridized carbons (Fsp3) is 0.143. The average molecular weight is 471 g/mol. The number of carbonyl (C=O) groups excluding carboxylic acids is 1. The number of benzene rings is 1. The van der Waals surface area contributed by atoms with Crippen LogP contribution in [0.2, 0.25) is 5.02 Å². The van der Waals surface area contributed by atoms with E-state index in [9.17, 15) is 18.0 Å². The molecule has 1 aromatic carbocycles. The number of aryl methyl sites for hydroxylation is 1. The van der Waals surface area contributed by atoms with Crippen LogP contribution in [0.4, 0.5) is 13.2 Å². The summed E-state index contributed by atoms with van der Waals surface area (Å²) in [5.74, 6) is -0.895. The highest BCUT2D eigenvalue weighted by Gasteiger charge is 2.37. The summed E-state index contributed by atoms with van der Waals surface area (Å²) in [5, 5.41) is 3.82. The van der Waals surface area contributed by atoms with Crippen LogP contribution in [0.1, 0.15) is 20.8 Å². The lowest BCUT2D eigenvalue weighted by Gasteiger charge is -2.13. The van der Waals surface area contributed by atoms with Crippen LogP contribution in [-0.4, -0.2) is 15.7 Å². The molecule has 0 aliphatic carbocycles. The molecule has 0 radical (unpaired) electrons. The van der Waals surface area contributed by atoms with Crippen molar-refractivity contribution in [2.45, 2.75) is 13.1 Å². The Hall–Kier alpha value is -1.13. The minimum absolute atomic E-state index is 0.254. The number of alkyl halides is 3. The lowest BCUT2D eigenvalue weighted by atomic mass is 10.1. The lowest BCUT2D eigenvalue weighted by molar-refractivity contribution is -0.137. The normalized spacial score (nSPS) is 12.1. The maximum atomic E-state index is 13.2. The van der Waals surface area contributed by atoms with Crippen molar-refractivity contribution in [3.8, 4) is 0 Å². The molecule has 3 rings (SSSR count). The number of aromatic nitrogens is 2. The van der Waals surface area contributed by atoms with Gasteiger partial charge in [0.2, 0.25) is 0 Å². The zero-order valence-electron chi connectivity index (χ0n) is 11.4. The van der Waals surface area contributed by atoms with Crippen LogP contribution in [0.15, 0.2) is 24.3 Å². The Morgan fingerprint density at radius 3 is 2.74 bits per heavy atom. The molecule has 23 heavy (non-hydrogen) atoms. The Balaban J connectivity index is 2.25. The molecular weight excluding hydrogens is 464 g/mol. The summed E-state index contributed by atoms with van der Waals surface area (Å²) in [7, 11) is 0. The van der Waals surface area contributed by atoms with E-state index in [1.807, 2.05) is 29.5 Å². The predicted octanol–water partition coefficient (Wildman–Crippen LogP) is 5.37. The smallest absolute Gasteiger partial charge is 0.267 e. The third kappa shape index (κ3) is 2.87. The van der Waals surface area contributed by atoms with E-state index in [1.165, 1.54) is 23.5 Å². The van der Waals surface area contributed by atoms with Crippen LogP contribution in [0.5, 0.6) is 0 Å². The van der Waals surface area contributed by atoms with Crippen molar-refractivity contribution in [2.75, 3.05) is 0 Å². The van der Waals surface area contributed by atoms with Gasteiger partial charge in [-0.05, 0) is 47.7 Å². The third-order valence-electron chi connectivity index (χ3n) is 3.16. The summed E-state index contributed by atoms with van der Waals surface area (Å²) in [6, 6.07) is 4.98. The van der Waals surface area contributed by atoms with Crippen LogP contribution in [-0.2, 0) is 6.18 Å². The molecule has 0 unspecified atom stereocenters. The zero-order chi connectivity index (χ0) is 16.9. The first-order chi connectivity index (χ1) is 10.7. The fourth-order valence-electron chi connectivity index (χ4n) is 2.23. The molecular formula is C14H7ClF3IN2OS. The largest absolute Gasteiger partial charge is 0.417 e. The van der Waals surface area contributed by atoms with Gasteiger partial charge in [-0.3, -0.25) is 4.79 Å². The molecule has 3 nitrogen and oxygen atoms in total. The Morgan fingerprint density at radius 2 is 2.09 bits per heavy atom. The van der Waals surface area contributed by atoms with E-state index in [4.69, 9.17) is 11.6 Å². The number of nitrogens with zero attached hydrogens (tertiary/aromatic N) is 2. The fourth-order valence-corrected chi connectivity index (χ4v) is 4.18.